The van der Waals surface area contributed by atoms with Crippen molar-refractivity contribution in [1.82, 2.24) is 9.88 Å². The number of piperidine rings is 1. The van der Waals surface area contributed by atoms with Gasteiger partial charge in [0, 0.05) is 43.8 Å². The SMILES string of the molecule is COC(=O)c1cccc(NC2CCN(Cc3ccncc3)CC2)c1. The molecule has 0 amide bonds. The Hall–Kier alpha value is -2.40. The average Bonchev–Trinajstić information content (AvgIpc) is 2.64. The molecular formula is C19H23N3O2. The largest absolute Gasteiger partial charge is 0.465 e. The third kappa shape index (κ3) is 4.32. The molecule has 0 aliphatic carbocycles. The van der Waals surface area contributed by atoms with Gasteiger partial charge in [-0.1, -0.05) is 6.07 Å². The molecule has 0 saturated carbocycles. The molecule has 1 aliphatic rings. The molecular weight excluding hydrogens is 302 g/mol. The average molecular weight is 325 g/mol. The molecule has 2 heterocycles. The van der Waals surface area contributed by atoms with Crippen molar-refractivity contribution in [2.24, 2.45) is 0 Å². The Labute approximate surface area is 142 Å². The van der Waals surface area contributed by atoms with Gasteiger partial charge in [-0.15, -0.1) is 0 Å². The van der Waals surface area contributed by atoms with E-state index < -0.39 is 0 Å². The summed E-state index contributed by atoms with van der Waals surface area (Å²) >= 11 is 0. The quantitative estimate of drug-likeness (QED) is 0.857. The molecule has 0 spiro atoms. The van der Waals surface area contributed by atoms with Crippen LogP contribution in [-0.4, -0.2) is 42.1 Å². The molecule has 5 nitrogen and oxygen atoms in total. The van der Waals surface area contributed by atoms with Crippen LogP contribution in [0.1, 0.15) is 28.8 Å². The van der Waals surface area contributed by atoms with Crippen molar-refractivity contribution in [3.8, 4) is 0 Å². The molecule has 0 unspecified atom stereocenters. The Morgan fingerprint density at radius 3 is 2.71 bits per heavy atom. The first-order chi connectivity index (χ1) is 11.7. The molecule has 1 aromatic carbocycles. The summed E-state index contributed by atoms with van der Waals surface area (Å²) in [6.45, 7) is 3.11. The Morgan fingerprint density at radius 1 is 1.25 bits per heavy atom. The number of nitrogens with zero attached hydrogens (tertiary/aromatic N) is 2. The summed E-state index contributed by atoms with van der Waals surface area (Å²) in [5.74, 6) is -0.300. The van der Waals surface area contributed by atoms with Gasteiger partial charge in [-0.3, -0.25) is 9.88 Å². The molecule has 5 heteroatoms. The third-order valence-corrected chi connectivity index (χ3v) is 4.40. The van der Waals surface area contributed by atoms with E-state index >= 15 is 0 Å². The second-order valence-corrected chi connectivity index (χ2v) is 6.12. The predicted molar refractivity (Wildman–Crippen MR) is 93.9 cm³/mol. The fourth-order valence-corrected chi connectivity index (χ4v) is 3.07. The third-order valence-electron chi connectivity index (χ3n) is 4.40. The van der Waals surface area contributed by atoms with Gasteiger partial charge in [0.25, 0.3) is 0 Å². The van der Waals surface area contributed by atoms with Gasteiger partial charge >= 0.3 is 5.97 Å². The molecule has 1 N–H and O–H groups in total. The maximum Gasteiger partial charge on any atom is 0.337 e. The van der Waals surface area contributed by atoms with Crippen molar-refractivity contribution >= 4 is 11.7 Å². The topological polar surface area (TPSA) is 54.5 Å². The number of pyridine rings is 1. The van der Waals surface area contributed by atoms with Crippen LogP contribution in [0.25, 0.3) is 0 Å². The fourth-order valence-electron chi connectivity index (χ4n) is 3.07. The van der Waals surface area contributed by atoms with E-state index in [0.29, 0.717) is 11.6 Å². The van der Waals surface area contributed by atoms with E-state index in [-0.39, 0.29) is 5.97 Å². The van der Waals surface area contributed by atoms with Crippen LogP contribution in [0.4, 0.5) is 5.69 Å². The van der Waals surface area contributed by atoms with Crippen LogP contribution in [0.2, 0.25) is 0 Å². The number of hydrogen-bond donors (Lipinski definition) is 1. The van der Waals surface area contributed by atoms with E-state index in [1.54, 1.807) is 6.07 Å². The molecule has 3 rings (SSSR count). The predicted octanol–water partition coefficient (Wildman–Crippen LogP) is 2.94. The maximum atomic E-state index is 11.6. The summed E-state index contributed by atoms with van der Waals surface area (Å²) < 4.78 is 4.77. The summed E-state index contributed by atoms with van der Waals surface area (Å²) in [5, 5.41) is 3.54. The lowest BCUT2D eigenvalue weighted by atomic mass is 10.0. The minimum atomic E-state index is -0.300. The fraction of sp³-hybridized carbons (Fsp3) is 0.368. The Morgan fingerprint density at radius 2 is 2.00 bits per heavy atom. The maximum absolute atomic E-state index is 11.6. The molecule has 0 radical (unpaired) electrons. The smallest absolute Gasteiger partial charge is 0.337 e. The highest BCUT2D eigenvalue weighted by atomic mass is 16.5. The highest BCUT2D eigenvalue weighted by molar-refractivity contribution is 5.90. The number of methoxy groups -OCH3 is 1. The number of carbonyl (C=O) groups excluding carboxylic acids is 1. The molecule has 1 saturated heterocycles. The van der Waals surface area contributed by atoms with Crippen molar-refractivity contribution in [1.29, 1.82) is 0 Å². The van der Waals surface area contributed by atoms with Gasteiger partial charge in [0.15, 0.2) is 0 Å². The highest BCUT2D eigenvalue weighted by Gasteiger charge is 2.19. The number of likely N-dealkylation sites (tertiary alicyclic amines) is 1. The van der Waals surface area contributed by atoms with Crippen LogP contribution in [0.15, 0.2) is 48.8 Å². The number of anilines is 1. The zero-order chi connectivity index (χ0) is 16.8. The molecule has 0 atom stereocenters. The summed E-state index contributed by atoms with van der Waals surface area (Å²) in [6, 6.07) is 12.1. The van der Waals surface area contributed by atoms with Crippen LogP contribution >= 0.6 is 0 Å². The molecule has 0 bridgehead atoms. The van der Waals surface area contributed by atoms with Gasteiger partial charge in [-0.05, 0) is 48.7 Å². The van der Waals surface area contributed by atoms with E-state index in [2.05, 4.69) is 27.3 Å². The van der Waals surface area contributed by atoms with E-state index in [4.69, 9.17) is 4.74 Å². The van der Waals surface area contributed by atoms with E-state index in [1.807, 2.05) is 30.6 Å². The van der Waals surface area contributed by atoms with Crippen molar-refractivity contribution in [2.75, 3.05) is 25.5 Å². The number of ether oxygens (including phenoxy) is 1. The molecule has 1 aromatic heterocycles. The number of hydrogen-bond acceptors (Lipinski definition) is 5. The van der Waals surface area contributed by atoms with Crippen molar-refractivity contribution in [2.45, 2.75) is 25.4 Å². The molecule has 24 heavy (non-hydrogen) atoms. The Balaban J connectivity index is 1.51. The van der Waals surface area contributed by atoms with Gasteiger partial charge in [0.1, 0.15) is 0 Å². The van der Waals surface area contributed by atoms with Gasteiger partial charge in [-0.2, -0.15) is 0 Å². The van der Waals surface area contributed by atoms with Gasteiger partial charge in [-0.25, -0.2) is 4.79 Å². The number of rotatable bonds is 5. The van der Waals surface area contributed by atoms with Gasteiger partial charge in [0.2, 0.25) is 0 Å². The van der Waals surface area contributed by atoms with Crippen molar-refractivity contribution < 1.29 is 9.53 Å². The number of benzene rings is 1. The zero-order valence-electron chi connectivity index (χ0n) is 13.9. The molecule has 1 fully saturated rings. The van der Waals surface area contributed by atoms with Gasteiger partial charge < -0.3 is 10.1 Å². The lowest BCUT2D eigenvalue weighted by molar-refractivity contribution is 0.0601. The summed E-state index contributed by atoms with van der Waals surface area (Å²) in [6.07, 6.45) is 5.87. The molecule has 2 aromatic rings. The molecule has 126 valence electrons. The minimum Gasteiger partial charge on any atom is -0.465 e. The number of nitrogens with one attached hydrogen (secondary N) is 1. The lowest BCUT2D eigenvalue weighted by Crippen LogP contribution is -2.38. The van der Waals surface area contributed by atoms with Crippen LogP contribution in [0.3, 0.4) is 0 Å². The Kier molecular flexibility index (Phi) is 5.43. The first-order valence-corrected chi connectivity index (χ1v) is 8.31. The van der Waals surface area contributed by atoms with Crippen molar-refractivity contribution in [3.05, 3.63) is 59.9 Å². The first kappa shape index (κ1) is 16.5. The van der Waals surface area contributed by atoms with Gasteiger partial charge in [0.05, 0.1) is 12.7 Å². The van der Waals surface area contributed by atoms with Crippen LogP contribution in [0, 0.1) is 0 Å². The summed E-state index contributed by atoms with van der Waals surface area (Å²) in [7, 11) is 1.40. The first-order valence-electron chi connectivity index (χ1n) is 8.31. The number of aromatic nitrogens is 1. The monoisotopic (exact) mass is 325 g/mol. The van der Waals surface area contributed by atoms with Crippen LogP contribution in [-0.2, 0) is 11.3 Å². The molecule has 1 aliphatic heterocycles. The van der Waals surface area contributed by atoms with E-state index in [9.17, 15) is 4.79 Å². The normalized spacial score (nSPS) is 15.9. The second kappa shape index (κ2) is 7.93. The van der Waals surface area contributed by atoms with E-state index in [1.165, 1.54) is 12.7 Å². The van der Waals surface area contributed by atoms with Crippen molar-refractivity contribution in [3.63, 3.8) is 0 Å². The minimum absolute atomic E-state index is 0.300. The second-order valence-electron chi connectivity index (χ2n) is 6.12. The highest BCUT2D eigenvalue weighted by Crippen LogP contribution is 2.19. The Bertz CT molecular complexity index is 667. The van der Waals surface area contributed by atoms with Crippen LogP contribution in [0.5, 0.6) is 0 Å². The number of carbonyl (C=O) groups is 1. The standard InChI is InChI=1S/C19H23N3O2/c1-24-19(23)16-3-2-4-18(13-16)21-17-7-11-22(12-8-17)14-15-5-9-20-10-6-15/h2-6,9-10,13,17,21H,7-8,11-12,14H2,1H3. The van der Waals surface area contributed by atoms with E-state index in [0.717, 1.165) is 38.2 Å². The zero-order valence-corrected chi connectivity index (χ0v) is 13.9. The summed E-state index contributed by atoms with van der Waals surface area (Å²) in [5.41, 5.74) is 2.87. The lowest BCUT2D eigenvalue weighted by Gasteiger charge is -2.33. The number of esters is 1. The summed E-state index contributed by atoms with van der Waals surface area (Å²) in [4.78, 5) is 18.1. The van der Waals surface area contributed by atoms with Crippen LogP contribution < -0.4 is 5.32 Å².